The van der Waals surface area contributed by atoms with Crippen LogP contribution in [0.3, 0.4) is 0 Å². The zero-order valence-corrected chi connectivity index (χ0v) is 19.3. The zero-order chi connectivity index (χ0) is 23.6. The average Bonchev–Trinajstić information content (AvgIpc) is 2.93. The van der Waals surface area contributed by atoms with Crippen molar-refractivity contribution in [1.82, 2.24) is 25.1 Å². The molecule has 1 aromatic carbocycles. The smallest absolute Gasteiger partial charge is 0.272 e. The molecule has 0 spiro atoms. The van der Waals surface area contributed by atoms with Crippen LogP contribution in [0.15, 0.2) is 18.2 Å². The average molecular weight is 448 g/mol. The molecule has 0 saturated carbocycles. The van der Waals surface area contributed by atoms with Gasteiger partial charge in [-0.1, -0.05) is 20.8 Å². The number of hydrogen-bond donors (Lipinski definition) is 2. The van der Waals surface area contributed by atoms with E-state index < -0.39 is 29.0 Å². The molecule has 3 rings (SSSR count). The van der Waals surface area contributed by atoms with Gasteiger partial charge in [-0.05, 0) is 50.6 Å². The molecule has 32 heavy (non-hydrogen) atoms. The van der Waals surface area contributed by atoms with Crippen LogP contribution in [0, 0.1) is 17.0 Å². The minimum absolute atomic E-state index is 0.00551. The third-order valence-corrected chi connectivity index (χ3v) is 5.55. The minimum Gasteiger partial charge on any atom is -0.355 e. The highest BCUT2D eigenvalue weighted by atomic mass is 19.1. The second kappa shape index (κ2) is 9.36. The summed E-state index contributed by atoms with van der Waals surface area (Å²) in [4.78, 5) is 32.5. The van der Waals surface area contributed by atoms with Gasteiger partial charge in [-0.3, -0.25) is 9.59 Å². The maximum Gasteiger partial charge on any atom is 0.272 e. The predicted octanol–water partition coefficient (Wildman–Crippen LogP) is 2.94. The number of halogens is 2. The summed E-state index contributed by atoms with van der Waals surface area (Å²) in [6.45, 7) is 9.57. The third kappa shape index (κ3) is 4.98. The van der Waals surface area contributed by atoms with Gasteiger partial charge in [-0.25, -0.2) is 13.8 Å². The van der Waals surface area contributed by atoms with E-state index in [1.807, 2.05) is 39.6 Å². The lowest BCUT2D eigenvalue weighted by Gasteiger charge is -2.30. The van der Waals surface area contributed by atoms with Gasteiger partial charge in [0.15, 0.2) is 5.69 Å². The van der Waals surface area contributed by atoms with E-state index in [4.69, 9.17) is 0 Å². The number of imidazole rings is 1. The predicted molar refractivity (Wildman–Crippen MR) is 118 cm³/mol. The number of fused-ring (bicyclic) bond motifs is 1. The molecule has 7 nitrogen and oxygen atoms in total. The topological polar surface area (TPSA) is 79.3 Å². The summed E-state index contributed by atoms with van der Waals surface area (Å²) < 4.78 is 30.3. The largest absolute Gasteiger partial charge is 0.355 e. The molecule has 1 aromatic heterocycles. The Balaban J connectivity index is 2.07. The summed E-state index contributed by atoms with van der Waals surface area (Å²) in [6, 6.07) is 2.41. The fourth-order valence-corrected chi connectivity index (χ4v) is 3.93. The van der Waals surface area contributed by atoms with E-state index in [1.54, 1.807) is 4.57 Å². The number of benzene rings is 1. The number of aromatic nitrogens is 2. The number of amides is 2. The second-order valence-corrected chi connectivity index (χ2v) is 9.26. The Morgan fingerprint density at radius 1 is 1.22 bits per heavy atom. The molecule has 0 fully saturated rings. The van der Waals surface area contributed by atoms with Crippen molar-refractivity contribution in [2.75, 3.05) is 20.1 Å². The molecular formula is C23H31F2N5O2. The van der Waals surface area contributed by atoms with Crippen molar-refractivity contribution >= 4 is 11.8 Å². The fraction of sp³-hybridized carbons (Fsp3) is 0.522. The number of likely N-dealkylation sites (N-methyl/N-ethyl adjacent to an activating group) is 1. The van der Waals surface area contributed by atoms with Crippen LogP contribution >= 0.6 is 0 Å². The summed E-state index contributed by atoms with van der Waals surface area (Å²) in [5, 5.41) is 5.58. The van der Waals surface area contributed by atoms with Gasteiger partial charge in [0.1, 0.15) is 23.5 Å². The number of nitrogens with zero attached hydrogens (tertiary/aromatic N) is 3. The van der Waals surface area contributed by atoms with E-state index in [0.29, 0.717) is 25.3 Å². The first-order chi connectivity index (χ1) is 15.0. The Bertz CT molecular complexity index is 1010. The van der Waals surface area contributed by atoms with Gasteiger partial charge in [-0.2, -0.15) is 0 Å². The fourth-order valence-electron chi connectivity index (χ4n) is 3.93. The molecule has 0 saturated heterocycles. The molecule has 0 bridgehead atoms. The Morgan fingerprint density at radius 3 is 2.59 bits per heavy atom. The standard InChI is InChI=1S/C23H31F2N5O2/c1-6-26-22(32)19(23(2,3)4)28-21(31)18-17-13-29(5)10-7-11-30(17)20(27-18)15-12-14(24)8-9-16(15)25/h8-9,12,19H,6-7,10-11,13H2,1-5H3,(H,26,32)(H,28,31)/t19-/m1/s1. The van der Waals surface area contributed by atoms with Gasteiger partial charge >= 0.3 is 0 Å². The van der Waals surface area contributed by atoms with Crippen molar-refractivity contribution in [1.29, 1.82) is 0 Å². The molecule has 2 N–H and O–H groups in total. The van der Waals surface area contributed by atoms with Crippen LogP contribution in [-0.4, -0.2) is 52.4 Å². The molecule has 0 unspecified atom stereocenters. The SMILES string of the molecule is CCNC(=O)[C@@H](NC(=O)c1nc(-c2cc(F)ccc2F)n2c1CN(C)CCC2)C(C)(C)C. The van der Waals surface area contributed by atoms with Crippen molar-refractivity contribution in [2.24, 2.45) is 5.41 Å². The van der Waals surface area contributed by atoms with Crippen LogP contribution in [0.25, 0.3) is 11.4 Å². The van der Waals surface area contributed by atoms with E-state index in [9.17, 15) is 18.4 Å². The van der Waals surface area contributed by atoms with Crippen molar-refractivity contribution in [3.8, 4) is 11.4 Å². The van der Waals surface area contributed by atoms with E-state index in [0.717, 1.165) is 31.2 Å². The van der Waals surface area contributed by atoms with Crippen molar-refractivity contribution < 1.29 is 18.4 Å². The quantitative estimate of drug-likeness (QED) is 0.739. The highest BCUT2D eigenvalue weighted by Crippen LogP contribution is 2.29. The molecule has 2 heterocycles. The number of carbonyl (C=O) groups is 2. The van der Waals surface area contributed by atoms with Crippen molar-refractivity contribution in [3.05, 3.63) is 41.2 Å². The summed E-state index contributed by atoms with van der Waals surface area (Å²) in [7, 11) is 1.93. The Labute approximate surface area is 187 Å². The summed E-state index contributed by atoms with van der Waals surface area (Å²) in [5.74, 6) is -1.79. The van der Waals surface area contributed by atoms with Crippen molar-refractivity contribution in [2.45, 2.75) is 53.2 Å². The Kier molecular flexibility index (Phi) is 6.97. The van der Waals surface area contributed by atoms with Gasteiger partial charge in [0.2, 0.25) is 5.91 Å². The van der Waals surface area contributed by atoms with Crippen LogP contribution in [0.5, 0.6) is 0 Å². The molecule has 9 heteroatoms. The van der Waals surface area contributed by atoms with Crippen LogP contribution < -0.4 is 10.6 Å². The van der Waals surface area contributed by atoms with Crippen LogP contribution in [0.1, 0.15) is 50.3 Å². The highest BCUT2D eigenvalue weighted by molar-refractivity contribution is 5.98. The van der Waals surface area contributed by atoms with Crippen LogP contribution in [0.2, 0.25) is 0 Å². The first kappa shape index (κ1) is 23.8. The number of nitrogens with one attached hydrogen (secondary N) is 2. The first-order valence-electron chi connectivity index (χ1n) is 10.8. The molecule has 0 radical (unpaired) electrons. The zero-order valence-electron chi connectivity index (χ0n) is 19.3. The molecule has 0 aliphatic carbocycles. The van der Waals surface area contributed by atoms with Crippen molar-refractivity contribution in [3.63, 3.8) is 0 Å². The number of hydrogen-bond acceptors (Lipinski definition) is 4. The van der Waals surface area contributed by atoms with Gasteiger partial charge in [0.25, 0.3) is 5.91 Å². The highest BCUT2D eigenvalue weighted by Gasteiger charge is 2.35. The first-order valence-corrected chi connectivity index (χ1v) is 10.8. The van der Waals surface area contributed by atoms with Gasteiger partial charge in [0.05, 0.1) is 11.3 Å². The van der Waals surface area contributed by atoms with E-state index in [-0.39, 0.29) is 23.0 Å². The summed E-state index contributed by atoms with van der Waals surface area (Å²) in [6.07, 6.45) is 0.772. The van der Waals surface area contributed by atoms with Crippen LogP contribution in [-0.2, 0) is 17.9 Å². The number of carbonyl (C=O) groups excluding carboxylic acids is 2. The Morgan fingerprint density at radius 2 is 1.94 bits per heavy atom. The summed E-state index contributed by atoms with van der Waals surface area (Å²) >= 11 is 0. The lowest BCUT2D eigenvalue weighted by molar-refractivity contribution is -0.125. The molecule has 1 aliphatic heterocycles. The normalized spacial score (nSPS) is 15.6. The minimum atomic E-state index is -0.787. The maximum atomic E-state index is 14.6. The number of rotatable bonds is 5. The maximum absolute atomic E-state index is 14.6. The van der Waals surface area contributed by atoms with E-state index in [1.165, 1.54) is 0 Å². The van der Waals surface area contributed by atoms with Crippen LogP contribution in [0.4, 0.5) is 8.78 Å². The molecular weight excluding hydrogens is 416 g/mol. The van der Waals surface area contributed by atoms with E-state index in [2.05, 4.69) is 15.6 Å². The molecule has 174 valence electrons. The molecule has 1 aliphatic rings. The second-order valence-electron chi connectivity index (χ2n) is 9.26. The van der Waals surface area contributed by atoms with Gasteiger partial charge < -0.3 is 20.1 Å². The van der Waals surface area contributed by atoms with Gasteiger partial charge in [0, 0.05) is 19.6 Å². The molecule has 1 atom stereocenters. The molecule has 2 aromatic rings. The lowest BCUT2D eigenvalue weighted by Crippen LogP contribution is -2.53. The Hall–Kier alpha value is -2.81. The lowest BCUT2D eigenvalue weighted by atomic mass is 9.86. The monoisotopic (exact) mass is 447 g/mol. The third-order valence-electron chi connectivity index (χ3n) is 5.55. The van der Waals surface area contributed by atoms with E-state index >= 15 is 0 Å². The van der Waals surface area contributed by atoms with Gasteiger partial charge in [-0.15, -0.1) is 0 Å². The summed E-state index contributed by atoms with van der Waals surface area (Å²) in [5.41, 5.74) is 0.200. The molecule has 2 amide bonds.